The molecule has 0 spiro atoms. The van der Waals surface area contributed by atoms with E-state index >= 15 is 0 Å². The number of ether oxygens (including phenoxy) is 2. The average Bonchev–Trinajstić information content (AvgIpc) is 2.48. The molecule has 0 aliphatic rings. The van der Waals surface area contributed by atoms with E-state index in [2.05, 4.69) is 15.9 Å². The Morgan fingerprint density at radius 1 is 1.05 bits per heavy atom. The fourth-order valence-corrected chi connectivity index (χ4v) is 2.80. The molecule has 0 radical (unpaired) electrons. The molecule has 0 fully saturated rings. The summed E-state index contributed by atoms with van der Waals surface area (Å²) in [5, 5.41) is 0.479. The Morgan fingerprint density at radius 2 is 1.80 bits per heavy atom. The highest BCUT2D eigenvalue weighted by Crippen LogP contribution is 2.40. The topological polar surface area (TPSA) is 18.5 Å². The molecule has 2 aromatic carbocycles. The van der Waals surface area contributed by atoms with Crippen molar-refractivity contribution in [3.05, 3.63) is 58.4 Å². The lowest BCUT2D eigenvalue weighted by molar-refractivity contribution is 0.399. The van der Waals surface area contributed by atoms with Crippen LogP contribution in [-0.4, -0.2) is 14.2 Å². The van der Waals surface area contributed by atoms with Crippen molar-refractivity contribution in [2.24, 2.45) is 0 Å². The van der Waals surface area contributed by atoms with Crippen LogP contribution in [-0.2, 0) is 0 Å². The Kier molecular flexibility index (Phi) is 4.89. The number of methoxy groups -OCH3 is 2. The molecule has 1 unspecified atom stereocenters. The molecule has 0 aliphatic heterocycles. The van der Waals surface area contributed by atoms with Crippen LogP contribution in [0.2, 0.25) is 5.02 Å². The van der Waals surface area contributed by atoms with Gasteiger partial charge in [-0.05, 0) is 36.4 Å². The first-order valence-corrected chi connectivity index (χ1v) is 7.17. The molecule has 0 aliphatic carbocycles. The van der Waals surface area contributed by atoms with Gasteiger partial charge < -0.3 is 9.47 Å². The largest absolute Gasteiger partial charge is 0.497 e. The third kappa shape index (κ3) is 3.07. The highest BCUT2D eigenvalue weighted by atomic mass is 79.9. The third-order valence-electron chi connectivity index (χ3n) is 2.94. The first-order valence-electron chi connectivity index (χ1n) is 5.87. The van der Waals surface area contributed by atoms with E-state index in [0.717, 1.165) is 5.56 Å². The van der Waals surface area contributed by atoms with Crippen LogP contribution in [0.4, 0.5) is 4.39 Å². The predicted molar refractivity (Wildman–Crippen MR) is 81.7 cm³/mol. The van der Waals surface area contributed by atoms with E-state index in [-0.39, 0.29) is 10.6 Å². The molecule has 0 aromatic heterocycles. The Balaban J connectivity index is 2.51. The van der Waals surface area contributed by atoms with Crippen LogP contribution < -0.4 is 9.47 Å². The molecule has 2 nitrogen and oxygen atoms in total. The van der Waals surface area contributed by atoms with Crippen LogP contribution in [0.3, 0.4) is 0 Å². The van der Waals surface area contributed by atoms with Gasteiger partial charge in [-0.25, -0.2) is 4.39 Å². The first-order chi connectivity index (χ1) is 9.56. The van der Waals surface area contributed by atoms with E-state index in [9.17, 15) is 4.39 Å². The lowest BCUT2D eigenvalue weighted by Gasteiger charge is -2.16. The van der Waals surface area contributed by atoms with Gasteiger partial charge in [0, 0.05) is 16.1 Å². The minimum Gasteiger partial charge on any atom is -0.497 e. The average molecular weight is 360 g/mol. The van der Waals surface area contributed by atoms with Crippen LogP contribution in [0, 0.1) is 5.82 Å². The number of hydrogen-bond donors (Lipinski definition) is 0. The molecule has 0 saturated carbocycles. The molecule has 2 rings (SSSR count). The molecule has 5 heteroatoms. The second-order valence-corrected chi connectivity index (χ2v) is 5.49. The van der Waals surface area contributed by atoms with Crippen LogP contribution in [0.5, 0.6) is 11.5 Å². The summed E-state index contributed by atoms with van der Waals surface area (Å²) in [6.07, 6.45) is 0. The zero-order valence-corrected chi connectivity index (χ0v) is 13.3. The van der Waals surface area contributed by atoms with Crippen molar-refractivity contribution >= 4 is 27.5 Å². The zero-order chi connectivity index (χ0) is 14.7. The number of halogens is 3. The van der Waals surface area contributed by atoms with Crippen LogP contribution in [0.15, 0.2) is 36.4 Å². The van der Waals surface area contributed by atoms with Crippen LogP contribution in [0.25, 0.3) is 0 Å². The summed E-state index contributed by atoms with van der Waals surface area (Å²) in [5.41, 5.74) is 1.22. The van der Waals surface area contributed by atoms with Gasteiger partial charge in [0.15, 0.2) is 0 Å². The van der Waals surface area contributed by atoms with E-state index in [0.29, 0.717) is 22.1 Å². The summed E-state index contributed by atoms with van der Waals surface area (Å²) in [5.74, 6) is 0.987. The summed E-state index contributed by atoms with van der Waals surface area (Å²) in [4.78, 5) is -0.383. The van der Waals surface area contributed by atoms with Crippen molar-refractivity contribution < 1.29 is 13.9 Å². The number of hydrogen-bond acceptors (Lipinski definition) is 2. The summed E-state index contributed by atoms with van der Waals surface area (Å²) < 4.78 is 24.5. The van der Waals surface area contributed by atoms with Gasteiger partial charge in [-0.2, -0.15) is 0 Å². The van der Waals surface area contributed by atoms with Crippen molar-refractivity contribution in [2.45, 2.75) is 4.83 Å². The van der Waals surface area contributed by atoms with Gasteiger partial charge in [-0.15, -0.1) is 0 Å². The van der Waals surface area contributed by atoms with Gasteiger partial charge in [0.2, 0.25) is 0 Å². The fourth-order valence-electron chi connectivity index (χ4n) is 1.91. The van der Waals surface area contributed by atoms with E-state index in [4.69, 9.17) is 21.1 Å². The van der Waals surface area contributed by atoms with Crippen molar-refractivity contribution in [3.63, 3.8) is 0 Å². The molecule has 0 saturated heterocycles. The number of rotatable bonds is 4. The molecule has 1 atom stereocenters. The Bertz CT molecular complexity index is 619. The highest BCUT2D eigenvalue weighted by molar-refractivity contribution is 9.09. The van der Waals surface area contributed by atoms with E-state index in [1.807, 2.05) is 0 Å². The molecule has 20 heavy (non-hydrogen) atoms. The standard InChI is InChI=1S/C15H13BrClFO2/c1-19-10-4-6-14(20-2)12(8-10)15(16)11-7-9(17)3-5-13(11)18/h3-8,15H,1-2H3. The summed E-state index contributed by atoms with van der Waals surface area (Å²) in [6.45, 7) is 0. The van der Waals surface area contributed by atoms with Gasteiger partial charge in [-0.3, -0.25) is 0 Å². The molecule has 0 heterocycles. The fraction of sp³-hybridized carbons (Fsp3) is 0.200. The first kappa shape index (κ1) is 15.1. The Morgan fingerprint density at radius 3 is 2.45 bits per heavy atom. The van der Waals surface area contributed by atoms with Crippen LogP contribution >= 0.6 is 27.5 Å². The monoisotopic (exact) mass is 358 g/mol. The van der Waals surface area contributed by atoms with Crippen molar-refractivity contribution in [2.75, 3.05) is 14.2 Å². The molecular weight excluding hydrogens is 347 g/mol. The number of alkyl halides is 1. The molecule has 0 N–H and O–H groups in total. The molecule has 2 aromatic rings. The summed E-state index contributed by atoms with van der Waals surface area (Å²) in [6, 6.07) is 9.83. The van der Waals surface area contributed by atoms with E-state index in [1.54, 1.807) is 38.5 Å². The van der Waals surface area contributed by atoms with Gasteiger partial charge in [0.1, 0.15) is 17.3 Å². The van der Waals surface area contributed by atoms with Gasteiger partial charge in [0.25, 0.3) is 0 Å². The molecular formula is C15H13BrClFO2. The second kappa shape index (κ2) is 6.46. The minimum atomic E-state index is -0.383. The maximum atomic E-state index is 14.0. The van der Waals surface area contributed by atoms with Crippen molar-refractivity contribution in [1.82, 2.24) is 0 Å². The number of benzene rings is 2. The van der Waals surface area contributed by atoms with Gasteiger partial charge in [0.05, 0.1) is 19.0 Å². The maximum absolute atomic E-state index is 14.0. The Hall–Kier alpha value is -1.26. The second-order valence-electron chi connectivity index (χ2n) is 4.14. The lowest BCUT2D eigenvalue weighted by atomic mass is 10.0. The van der Waals surface area contributed by atoms with E-state index in [1.165, 1.54) is 12.1 Å². The normalized spacial score (nSPS) is 12.1. The maximum Gasteiger partial charge on any atom is 0.127 e. The SMILES string of the molecule is COc1ccc(OC)c(C(Br)c2cc(Cl)ccc2F)c1. The lowest BCUT2D eigenvalue weighted by Crippen LogP contribution is -2.00. The zero-order valence-electron chi connectivity index (χ0n) is 11.0. The van der Waals surface area contributed by atoms with Crippen LogP contribution in [0.1, 0.15) is 16.0 Å². The third-order valence-corrected chi connectivity index (χ3v) is 4.16. The van der Waals surface area contributed by atoms with Crippen molar-refractivity contribution in [1.29, 1.82) is 0 Å². The van der Waals surface area contributed by atoms with E-state index < -0.39 is 0 Å². The quantitative estimate of drug-likeness (QED) is 0.717. The molecule has 106 valence electrons. The smallest absolute Gasteiger partial charge is 0.127 e. The highest BCUT2D eigenvalue weighted by Gasteiger charge is 2.20. The van der Waals surface area contributed by atoms with Crippen molar-refractivity contribution in [3.8, 4) is 11.5 Å². The Labute approximate surface area is 130 Å². The minimum absolute atomic E-state index is 0.332. The summed E-state index contributed by atoms with van der Waals surface area (Å²) >= 11 is 9.44. The van der Waals surface area contributed by atoms with Gasteiger partial charge >= 0.3 is 0 Å². The summed E-state index contributed by atoms with van der Waals surface area (Å²) in [7, 11) is 3.15. The molecule has 0 amide bonds. The molecule has 0 bridgehead atoms. The predicted octanol–water partition coefficient (Wildman–Crippen LogP) is 4.98. The van der Waals surface area contributed by atoms with Gasteiger partial charge in [-0.1, -0.05) is 27.5 Å².